The molecule has 0 saturated heterocycles. The number of aliphatic hydroxyl groups is 1. The number of hydrogen-bond donors (Lipinski definition) is 1. The van der Waals surface area contributed by atoms with Crippen molar-refractivity contribution in [3.63, 3.8) is 0 Å². The molecule has 0 aliphatic carbocycles. The van der Waals surface area contributed by atoms with E-state index in [1.807, 2.05) is 0 Å². The highest BCUT2D eigenvalue weighted by molar-refractivity contribution is 8.13. The minimum absolute atomic E-state index is 0.0483. The lowest BCUT2D eigenvalue weighted by atomic mass is 10.2. The molecule has 0 aromatic heterocycles. The van der Waals surface area contributed by atoms with Gasteiger partial charge in [0.1, 0.15) is 4.90 Å². The van der Waals surface area contributed by atoms with Gasteiger partial charge in [-0.05, 0) is 17.7 Å². The summed E-state index contributed by atoms with van der Waals surface area (Å²) in [6, 6.07) is 4.14. The van der Waals surface area contributed by atoms with Gasteiger partial charge in [-0.15, -0.1) is 0 Å². The molecule has 3 nitrogen and oxygen atoms in total. The zero-order chi connectivity index (χ0) is 10.1. The molecule has 1 rings (SSSR count). The van der Waals surface area contributed by atoms with E-state index < -0.39 is 9.05 Å². The third kappa shape index (κ3) is 2.57. The average Bonchev–Trinajstić information content (AvgIpc) is 2.03. The Labute approximate surface area is 85.3 Å². The first kappa shape index (κ1) is 10.8. The number of aliphatic hydroxyl groups excluding tert-OH is 1. The lowest BCUT2D eigenvalue weighted by Gasteiger charge is -2.01. The van der Waals surface area contributed by atoms with E-state index in [-0.39, 0.29) is 16.5 Å². The summed E-state index contributed by atoms with van der Waals surface area (Å²) in [5, 5.41) is 8.79. The molecule has 0 atom stereocenters. The van der Waals surface area contributed by atoms with Crippen LogP contribution >= 0.6 is 22.3 Å². The van der Waals surface area contributed by atoms with Crippen molar-refractivity contribution in [2.45, 2.75) is 11.5 Å². The molecule has 72 valence electrons. The van der Waals surface area contributed by atoms with Crippen LogP contribution in [0.15, 0.2) is 23.1 Å². The summed E-state index contributed by atoms with van der Waals surface area (Å²) < 4.78 is 21.8. The zero-order valence-electron chi connectivity index (χ0n) is 6.37. The highest BCUT2D eigenvalue weighted by atomic mass is 35.7. The molecule has 0 spiro atoms. The largest absolute Gasteiger partial charge is 0.392 e. The van der Waals surface area contributed by atoms with Crippen molar-refractivity contribution >= 4 is 31.3 Å². The molecule has 0 aliphatic rings. The Balaban J connectivity index is 3.36. The summed E-state index contributed by atoms with van der Waals surface area (Å²) in [6.45, 7) is -0.253. The van der Waals surface area contributed by atoms with E-state index in [4.69, 9.17) is 27.4 Å². The van der Waals surface area contributed by atoms with Crippen molar-refractivity contribution in [1.82, 2.24) is 0 Å². The molecule has 0 aliphatic heterocycles. The van der Waals surface area contributed by atoms with Crippen molar-refractivity contribution in [3.8, 4) is 0 Å². The smallest absolute Gasteiger partial charge is 0.262 e. The van der Waals surface area contributed by atoms with Crippen LogP contribution in [0.25, 0.3) is 0 Å². The SMILES string of the molecule is O=S(=O)(Cl)c1cc(CO)ccc1Cl. The van der Waals surface area contributed by atoms with Crippen LogP contribution in [-0.2, 0) is 15.7 Å². The third-order valence-electron chi connectivity index (χ3n) is 1.44. The van der Waals surface area contributed by atoms with Crippen molar-refractivity contribution in [2.75, 3.05) is 0 Å². The number of hydrogen-bond acceptors (Lipinski definition) is 3. The third-order valence-corrected chi connectivity index (χ3v) is 3.24. The van der Waals surface area contributed by atoms with E-state index in [0.717, 1.165) is 0 Å². The summed E-state index contributed by atoms with van der Waals surface area (Å²) in [5.41, 5.74) is 0.448. The summed E-state index contributed by atoms with van der Waals surface area (Å²) in [7, 11) is 1.26. The molecule has 1 N–H and O–H groups in total. The molecule has 0 radical (unpaired) electrons. The van der Waals surface area contributed by atoms with Crippen LogP contribution in [0, 0.1) is 0 Å². The van der Waals surface area contributed by atoms with Gasteiger partial charge in [0, 0.05) is 10.7 Å². The van der Waals surface area contributed by atoms with Crippen LogP contribution in [0.5, 0.6) is 0 Å². The van der Waals surface area contributed by atoms with Gasteiger partial charge in [-0.1, -0.05) is 17.7 Å². The quantitative estimate of drug-likeness (QED) is 0.802. The van der Waals surface area contributed by atoms with Crippen LogP contribution in [0.4, 0.5) is 0 Å². The molecule has 0 bridgehead atoms. The lowest BCUT2D eigenvalue weighted by molar-refractivity contribution is 0.281. The summed E-state index contributed by atoms with van der Waals surface area (Å²) >= 11 is 5.59. The van der Waals surface area contributed by atoms with E-state index in [1.165, 1.54) is 18.2 Å². The van der Waals surface area contributed by atoms with Crippen LogP contribution in [0.1, 0.15) is 5.56 Å². The minimum Gasteiger partial charge on any atom is -0.392 e. The van der Waals surface area contributed by atoms with Gasteiger partial charge in [0.15, 0.2) is 0 Å². The second-order valence-electron chi connectivity index (χ2n) is 2.36. The van der Waals surface area contributed by atoms with Gasteiger partial charge in [0.25, 0.3) is 9.05 Å². The maximum Gasteiger partial charge on any atom is 0.262 e. The van der Waals surface area contributed by atoms with Gasteiger partial charge >= 0.3 is 0 Å². The Morgan fingerprint density at radius 2 is 2.00 bits per heavy atom. The molecular formula is C7H6Cl2O3S. The second-order valence-corrected chi connectivity index (χ2v) is 5.30. The van der Waals surface area contributed by atoms with Gasteiger partial charge in [-0.3, -0.25) is 0 Å². The highest BCUT2D eigenvalue weighted by Gasteiger charge is 2.14. The summed E-state index contributed by atoms with van der Waals surface area (Å²) in [5.74, 6) is 0. The maximum absolute atomic E-state index is 10.9. The van der Waals surface area contributed by atoms with Crippen molar-refractivity contribution in [1.29, 1.82) is 0 Å². The molecule has 1 aromatic carbocycles. The number of halogens is 2. The lowest BCUT2D eigenvalue weighted by Crippen LogP contribution is -1.94. The summed E-state index contributed by atoms with van der Waals surface area (Å²) in [6.07, 6.45) is 0. The Morgan fingerprint density at radius 3 is 2.46 bits per heavy atom. The van der Waals surface area contributed by atoms with Crippen LogP contribution in [0.2, 0.25) is 5.02 Å². The average molecular weight is 241 g/mol. The van der Waals surface area contributed by atoms with Gasteiger partial charge in [-0.2, -0.15) is 0 Å². The van der Waals surface area contributed by atoms with E-state index >= 15 is 0 Å². The fourth-order valence-electron chi connectivity index (χ4n) is 0.833. The molecule has 0 saturated carbocycles. The Hall–Kier alpha value is -0.290. The normalized spacial score (nSPS) is 11.6. The molecule has 0 heterocycles. The van der Waals surface area contributed by atoms with E-state index in [2.05, 4.69) is 0 Å². The second kappa shape index (κ2) is 3.84. The Bertz CT molecular complexity index is 414. The zero-order valence-corrected chi connectivity index (χ0v) is 8.70. The van der Waals surface area contributed by atoms with Crippen molar-refractivity contribution in [3.05, 3.63) is 28.8 Å². The minimum atomic E-state index is -3.84. The van der Waals surface area contributed by atoms with Gasteiger partial charge in [-0.25, -0.2) is 8.42 Å². The van der Waals surface area contributed by atoms with Gasteiger partial charge < -0.3 is 5.11 Å². The standard InChI is InChI=1S/C7H6Cl2O3S/c8-6-2-1-5(4-10)3-7(6)13(9,11)12/h1-3,10H,4H2. The fraction of sp³-hybridized carbons (Fsp3) is 0.143. The van der Waals surface area contributed by atoms with E-state index in [9.17, 15) is 8.42 Å². The van der Waals surface area contributed by atoms with Gasteiger partial charge in [0.05, 0.1) is 11.6 Å². The predicted octanol–water partition coefficient (Wildman–Crippen LogP) is 1.76. The maximum atomic E-state index is 10.9. The first-order valence-corrected chi connectivity index (χ1v) is 5.98. The molecule has 1 aromatic rings. The molecule has 13 heavy (non-hydrogen) atoms. The fourth-order valence-corrected chi connectivity index (χ4v) is 2.35. The number of rotatable bonds is 2. The molecular weight excluding hydrogens is 235 g/mol. The summed E-state index contributed by atoms with van der Waals surface area (Å²) in [4.78, 5) is -0.178. The van der Waals surface area contributed by atoms with Crippen LogP contribution in [0.3, 0.4) is 0 Å². The van der Waals surface area contributed by atoms with E-state index in [1.54, 1.807) is 0 Å². The first-order valence-electron chi connectivity index (χ1n) is 3.29. The molecule has 0 amide bonds. The van der Waals surface area contributed by atoms with Crippen molar-refractivity contribution < 1.29 is 13.5 Å². The topological polar surface area (TPSA) is 54.4 Å². The van der Waals surface area contributed by atoms with Crippen LogP contribution < -0.4 is 0 Å². The van der Waals surface area contributed by atoms with E-state index in [0.29, 0.717) is 5.56 Å². The molecule has 6 heteroatoms. The monoisotopic (exact) mass is 240 g/mol. The van der Waals surface area contributed by atoms with Crippen LogP contribution in [-0.4, -0.2) is 13.5 Å². The number of benzene rings is 1. The van der Waals surface area contributed by atoms with Gasteiger partial charge in [0.2, 0.25) is 0 Å². The molecule has 0 fully saturated rings. The Morgan fingerprint density at radius 1 is 1.38 bits per heavy atom. The molecule has 0 unspecified atom stereocenters. The first-order chi connectivity index (χ1) is 5.95. The predicted molar refractivity (Wildman–Crippen MR) is 50.4 cm³/mol. The Kier molecular flexibility index (Phi) is 3.18. The highest BCUT2D eigenvalue weighted by Crippen LogP contribution is 2.25. The van der Waals surface area contributed by atoms with Crippen molar-refractivity contribution in [2.24, 2.45) is 0 Å².